The normalized spacial score (nSPS) is 14.6. The van der Waals surface area contributed by atoms with E-state index in [9.17, 15) is 13.6 Å². The number of hydrogen-bond donors (Lipinski definition) is 1. The van der Waals surface area contributed by atoms with E-state index in [1.54, 1.807) is 18.2 Å². The van der Waals surface area contributed by atoms with E-state index in [2.05, 4.69) is 15.0 Å². The molecule has 0 atom stereocenters. The van der Waals surface area contributed by atoms with Gasteiger partial charge in [-0.3, -0.25) is 4.79 Å². The molecule has 0 saturated carbocycles. The molecule has 1 saturated heterocycles. The first-order valence-corrected chi connectivity index (χ1v) is 9.00. The molecule has 0 unspecified atom stereocenters. The lowest BCUT2D eigenvalue weighted by Gasteiger charge is -2.30. The summed E-state index contributed by atoms with van der Waals surface area (Å²) in [4.78, 5) is 14.6. The van der Waals surface area contributed by atoms with Crippen molar-refractivity contribution >= 4 is 23.4 Å². The maximum atomic E-state index is 12.3. The molecule has 27 heavy (non-hydrogen) atoms. The number of hydrogen-bond acceptors (Lipinski definition) is 3. The molecule has 0 spiro atoms. The zero-order valence-electron chi connectivity index (χ0n) is 14.9. The second kappa shape index (κ2) is 9.16. The van der Waals surface area contributed by atoms with Crippen LogP contribution in [0.1, 0.15) is 24.8 Å². The Kier molecular flexibility index (Phi) is 6.41. The molecule has 0 radical (unpaired) electrons. The van der Waals surface area contributed by atoms with E-state index in [1.165, 1.54) is 24.6 Å². The zero-order chi connectivity index (χ0) is 19.1. The van der Waals surface area contributed by atoms with Gasteiger partial charge < -0.3 is 15.0 Å². The number of rotatable bonds is 6. The van der Waals surface area contributed by atoms with Crippen molar-refractivity contribution in [1.82, 2.24) is 0 Å². The molecule has 142 valence electrons. The molecule has 1 aliphatic rings. The Hall–Kier alpha value is -2.89. The van der Waals surface area contributed by atoms with Gasteiger partial charge in [0.25, 0.3) is 0 Å². The minimum absolute atomic E-state index is 0.0852. The van der Waals surface area contributed by atoms with Crippen molar-refractivity contribution in [3.8, 4) is 5.75 Å². The van der Waals surface area contributed by atoms with Crippen LogP contribution in [-0.4, -0.2) is 25.6 Å². The number of halogens is 2. The smallest absolute Gasteiger partial charge is 0.387 e. The van der Waals surface area contributed by atoms with E-state index >= 15 is 0 Å². The first kappa shape index (κ1) is 18.9. The molecule has 0 bridgehead atoms. The van der Waals surface area contributed by atoms with Crippen molar-refractivity contribution < 1.29 is 18.3 Å². The van der Waals surface area contributed by atoms with Gasteiger partial charge in [0.05, 0.1) is 11.4 Å². The molecule has 4 nitrogen and oxygen atoms in total. The lowest BCUT2D eigenvalue weighted by molar-refractivity contribution is -0.111. The highest BCUT2D eigenvalue weighted by molar-refractivity contribution is 6.03. The van der Waals surface area contributed by atoms with Gasteiger partial charge in [0.1, 0.15) is 5.75 Å². The van der Waals surface area contributed by atoms with Crippen LogP contribution < -0.4 is 15.0 Å². The van der Waals surface area contributed by atoms with E-state index in [4.69, 9.17) is 0 Å². The van der Waals surface area contributed by atoms with Crippen LogP contribution in [-0.2, 0) is 4.79 Å². The summed E-state index contributed by atoms with van der Waals surface area (Å²) in [5.41, 5.74) is 2.54. The van der Waals surface area contributed by atoms with Gasteiger partial charge in [-0.2, -0.15) is 8.78 Å². The molecule has 2 aromatic carbocycles. The van der Waals surface area contributed by atoms with Crippen molar-refractivity contribution in [2.75, 3.05) is 23.3 Å². The van der Waals surface area contributed by atoms with Gasteiger partial charge in [0.15, 0.2) is 0 Å². The Balaban J connectivity index is 1.63. The number of nitrogens with zero attached hydrogens (tertiary/aromatic N) is 1. The van der Waals surface area contributed by atoms with Crippen LogP contribution >= 0.6 is 0 Å². The summed E-state index contributed by atoms with van der Waals surface area (Å²) in [5.74, 6) is -0.158. The van der Waals surface area contributed by atoms with Gasteiger partial charge in [-0.05, 0) is 55.2 Å². The third-order valence-corrected chi connectivity index (χ3v) is 4.39. The molecule has 6 heteroatoms. The summed E-state index contributed by atoms with van der Waals surface area (Å²) in [6.07, 6.45) is 6.62. The maximum absolute atomic E-state index is 12.3. The van der Waals surface area contributed by atoms with Crippen molar-refractivity contribution in [1.29, 1.82) is 0 Å². The number of piperidine rings is 1. The first-order chi connectivity index (χ1) is 13.1. The molecule has 0 aromatic heterocycles. The number of carbonyl (C=O) groups excluding carboxylic acids is 1. The van der Waals surface area contributed by atoms with Crippen molar-refractivity contribution in [2.45, 2.75) is 25.9 Å². The molecule has 1 N–H and O–H groups in total. The molecular weight excluding hydrogens is 350 g/mol. The predicted octanol–water partition coefficient (Wildman–Crippen LogP) is 4.93. The van der Waals surface area contributed by atoms with E-state index < -0.39 is 6.61 Å². The number of nitrogens with one attached hydrogen (secondary N) is 1. The molecule has 0 aliphatic carbocycles. The van der Waals surface area contributed by atoms with E-state index in [1.807, 2.05) is 24.3 Å². The fraction of sp³-hybridized carbons (Fsp3) is 0.286. The molecule has 1 fully saturated rings. The quantitative estimate of drug-likeness (QED) is 0.731. The monoisotopic (exact) mass is 372 g/mol. The van der Waals surface area contributed by atoms with Gasteiger partial charge in [-0.1, -0.05) is 24.3 Å². The lowest BCUT2D eigenvalue weighted by Crippen LogP contribution is -2.30. The maximum Gasteiger partial charge on any atom is 0.387 e. The minimum atomic E-state index is -2.85. The highest BCUT2D eigenvalue weighted by atomic mass is 19.3. The highest BCUT2D eigenvalue weighted by Crippen LogP contribution is 2.28. The zero-order valence-corrected chi connectivity index (χ0v) is 14.9. The van der Waals surface area contributed by atoms with Crippen LogP contribution in [0.25, 0.3) is 6.08 Å². The topological polar surface area (TPSA) is 41.6 Å². The average Bonchev–Trinajstić information content (AvgIpc) is 2.68. The van der Waals surface area contributed by atoms with E-state index in [0.717, 1.165) is 42.9 Å². The molecule has 2 aromatic rings. The molecule has 1 aliphatic heterocycles. The van der Waals surface area contributed by atoms with Gasteiger partial charge in [-0.15, -0.1) is 0 Å². The van der Waals surface area contributed by atoms with Gasteiger partial charge in [0.2, 0.25) is 5.91 Å². The number of para-hydroxylation sites is 2. The Bertz CT molecular complexity index is 785. The second-order valence-electron chi connectivity index (χ2n) is 6.33. The number of amides is 1. The van der Waals surface area contributed by atoms with Gasteiger partial charge in [-0.25, -0.2) is 0 Å². The summed E-state index contributed by atoms with van der Waals surface area (Å²) in [6, 6.07) is 13.9. The van der Waals surface area contributed by atoms with Crippen LogP contribution in [0.3, 0.4) is 0 Å². The second-order valence-corrected chi connectivity index (χ2v) is 6.33. The summed E-state index contributed by atoms with van der Waals surface area (Å²) in [6.45, 7) is -0.858. The van der Waals surface area contributed by atoms with Crippen LogP contribution in [0.2, 0.25) is 0 Å². The Morgan fingerprint density at radius 1 is 1.04 bits per heavy atom. The highest BCUT2D eigenvalue weighted by Gasteiger charge is 2.14. The summed E-state index contributed by atoms with van der Waals surface area (Å²) >= 11 is 0. The number of ether oxygens (including phenoxy) is 1. The Labute approximate surface area is 157 Å². The number of alkyl halides is 2. The van der Waals surface area contributed by atoms with E-state index in [-0.39, 0.29) is 11.7 Å². The lowest BCUT2D eigenvalue weighted by atomic mass is 10.1. The van der Waals surface area contributed by atoms with Crippen molar-refractivity contribution in [3.05, 3.63) is 60.2 Å². The number of anilines is 2. The summed E-state index contributed by atoms with van der Waals surface area (Å²) in [7, 11) is 0. The molecule has 1 heterocycles. The van der Waals surface area contributed by atoms with E-state index in [0.29, 0.717) is 0 Å². The fourth-order valence-electron chi connectivity index (χ4n) is 3.10. The Morgan fingerprint density at radius 2 is 1.74 bits per heavy atom. The average molecular weight is 372 g/mol. The third kappa shape index (κ3) is 5.54. The van der Waals surface area contributed by atoms with Crippen molar-refractivity contribution in [3.63, 3.8) is 0 Å². The number of benzene rings is 2. The molecule has 3 rings (SSSR count). The fourth-order valence-corrected chi connectivity index (χ4v) is 3.10. The van der Waals surface area contributed by atoms with Gasteiger partial charge >= 0.3 is 6.61 Å². The first-order valence-electron chi connectivity index (χ1n) is 9.00. The number of carbonyl (C=O) groups is 1. The van der Waals surface area contributed by atoms with Gasteiger partial charge in [0, 0.05) is 19.2 Å². The summed E-state index contributed by atoms with van der Waals surface area (Å²) in [5, 5.41) is 2.92. The van der Waals surface area contributed by atoms with Crippen molar-refractivity contribution in [2.24, 2.45) is 0 Å². The predicted molar refractivity (Wildman–Crippen MR) is 103 cm³/mol. The standard InChI is InChI=1S/C21H22F2N2O2/c22-21(23)27-17-11-8-16(9-12-17)10-13-20(26)24-18-6-2-3-7-19(18)25-14-4-1-5-15-25/h2-3,6-13,21H,1,4-5,14-15H2,(H,24,26)/b13-10+. The molecular formula is C21H22F2N2O2. The molecule has 1 amide bonds. The SMILES string of the molecule is O=C(/C=C/c1ccc(OC(F)F)cc1)Nc1ccccc1N1CCCCC1. The largest absolute Gasteiger partial charge is 0.435 e. The Morgan fingerprint density at radius 3 is 2.44 bits per heavy atom. The van der Waals surface area contributed by atoms with Crippen LogP contribution in [0.15, 0.2) is 54.6 Å². The van der Waals surface area contributed by atoms with Crippen LogP contribution in [0, 0.1) is 0 Å². The summed E-state index contributed by atoms with van der Waals surface area (Å²) < 4.78 is 28.6. The minimum Gasteiger partial charge on any atom is -0.435 e. The third-order valence-electron chi connectivity index (χ3n) is 4.39. The van der Waals surface area contributed by atoms with Crippen LogP contribution in [0.4, 0.5) is 20.2 Å². The van der Waals surface area contributed by atoms with Crippen LogP contribution in [0.5, 0.6) is 5.75 Å².